The minimum atomic E-state index is -1.16. The molecule has 2 rings (SSSR count). The minimum absolute atomic E-state index is 0. The van der Waals surface area contributed by atoms with Gasteiger partial charge in [-0.2, -0.15) is 11.3 Å². The molecule has 0 aliphatic carbocycles. The van der Waals surface area contributed by atoms with Crippen LogP contribution in [0.15, 0.2) is 35.0 Å². The summed E-state index contributed by atoms with van der Waals surface area (Å²) in [5.41, 5.74) is 7.47. The number of nitrogens with two attached hydrogens (primary N) is 1. The fourth-order valence-electron chi connectivity index (χ4n) is 1.56. The second kappa shape index (κ2) is 5.86. The molecule has 2 aromatic rings. The van der Waals surface area contributed by atoms with E-state index in [1.54, 1.807) is 6.07 Å². The Balaban J connectivity index is 0.00000162. The monoisotopic (exact) mass is 285 g/mol. The van der Waals surface area contributed by atoms with Crippen LogP contribution in [0, 0.1) is 0 Å². The van der Waals surface area contributed by atoms with E-state index in [-0.39, 0.29) is 29.8 Å². The molecule has 1 heterocycles. The zero-order chi connectivity index (χ0) is 12.4. The van der Waals surface area contributed by atoms with Crippen LogP contribution in [0.4, 0.5) is 0 Å². The van der Waals surface area contributed by atoms with E-state index < -0.39 is 5.97 Å². The van der Waals surface area contributed by atoms with Crippen LogP contribution >= 0.6 is 23.7 Å². The number of halogens is 1. The molecular formula is C12H12ClNO3S. The standard InChI is InChI=1S/C12H11NO3S.ClH/c13-11(8-3-4-17-6-8)7-1-2-10(14)9(5-7)12(15)16;/h1-6,11,14H,13H2,(H,15,16);1H/t11-;/m0./s1. The molecule has 0 amide bonds. The van der Waals surface area contributed by atoms with Crippen molar-refractivity contribution in [2.24, 2.45) is 5.73 Å². The Labute approximate surface area is 114 Å². The molecule has 1 aromatic heterocycles. The van der Waals surface area contributed by atoms with Gasteiger partial charge in [-0.25, -0.2) is 4.79 Å². The number of phenols is 1. The molecule has 1 atom stereocenters. The van der Waals surface area contributed by atoms with E-state index in [0.717, 1.165) is 5.56 Å². The lowest BCUT2D eigenvalue weighted by molar-refractivity contribution is 0.0693. The highest BCUT2D eigenvalue weighted by Crippen LogP contribution is 2.26. The lowest BCUT2D eigenvalue weighted by Gasteiger charge is -2.11. The van der Waals surface area contributed by atoms with Gasteiger partial charge in [0.05, 0.1) is 6.04 Å². The van der Waals surface area contributed by atoms with Crippen molar-refractivity contribution >= 4 is 29.7 Å². The van der Waals surface area contributed by atoms with Crippen LogP contribution < -0.4 is 5.73 Å². The predicted molar refractivity (Wildman–Crippen MR) is 72.7 cm³/mol. The van der Waals surface area contributed by atoms with Gasteiger partial charge >= 0.3 is 5.97 Å². The molecule has 4 nitrogen and oxygen atoms in total. The van der Waals surface area contributed by atoms with Gasteiger partial charge in [-0.15, -0.1) is 12.4 Å². The third-order valence-electron chi connectivity index (χ3n) is 2.51. The molecule has 18 heavy (non-hydrogen) atoms. The first kappa shape index (κ1) is 14.5. The van der Waals surface area contributed by atoms with E-state index in [1.807, 2.05) is 16.8 Å². The Hall–Kier alpha value is -1.56. The van der Waals surface area contributed by atoms with E-state index in [1.165, 1.54) is 23.5 Å². The van der Waals surface area contributed by atoms with Crippen LogP contribution in [-0.2, 0) is 0 Å². The van der Waals surface area contributed by atoms with Gasteiger partial charge in [-0.05, 0) is 40.1 Å². The van der Waals surface area contributed by atoms with Crippen LogP contribution in [0.3, 0.4) is 0 Å². The van der Waals surface area contributed by atoms with Gasteiger partial charge in [-0.1, -0.05) is 6.07 Å². The fourth-order valence-corrected chi connectivity index (χ4v) is 2.26. The summed E-state index contributed by atoms with van der Waals surface area (Å²) < 4.78 is 0. The van der Waals surface area contributed by atoms with Gasteiger partial charge in [0.1, 0.15) is 11.3 Å². The first-order valence-corrected chi connectivity index (χ1v) is 5.87. The molecule has 4 N–H and O–H groups in total. The molecule has 0 radical (unpaired) electrons. The summed E-state index contributed by atoms with van der Waals surface area (Å²) >= 11 is 1.53. The number of rotatable bonds is 3. The summed E-state index contributed by atoms with van der Waals surface area (Å²) in [7, 11) is 0. The van der Waals surface area contributed by atoms with Crippen LogP contribution in [0.5, 0.6) is 5.75 Å². The summed E-state index contributed by atoms with van der Waals surface area (Å²) in [5, 5.41) is 22.1. The summed E-state index contributed by atoms with van der Waals surface area (Å²) in [6.07, 6.45) is 0. The first-order valence-electron chi connectivity index (χ1n) is 4.93. The first-order chi connectivity index (χ1) is 8.09. The van der Waals surface area contributed by atoms with E-state index in [4.69, 9.17) is 10.8 Å². The molecule has 0 aliphatic rings. The van der Waals surface area contributed by atoms with E-state index in [2.05, 4.69) is 0 Å². The van der Waals surface area contributed by atoms with Gasteiger partial charge in [0.2, 0.25) is 0 Å². The van der Waals surface area contributed by atoms with Crippen molar-refractivity contribution in [3.05, 3.63) is 51.7 Å². The Kier molecular flexibility index (Phi) is 4.72. The molecule has 0 saturated heterocycles. The molecule has 0 unspecified atom stereocenters. The molecule has 96 valence electrons. The molecule has 0 saturated carbocycles. The van der Waals surface area contributed by atoms with Gasteiger partial charge in [0.25, 0.3) is 0 Å². The van der Waals surface area contributed by atoms with Crippen molar-refractivity contribution < 1.29 is 15.0 Å². The van der Waals surface area contributed by atoms with Crippen LogP contribution in [-0.4, -0.2) is 16.2 Å². The second-order valence-corrected chi connectivity index (χ2v) is 4.40. The van der Waals surface area contributed by atoms with Gasteiger partial charge < -0.3 is 15.9 Å². The van der Waals surface area contributed by atoms with Crippen LogP contribution in [0.25, 0.3) is 0 Å². The molecule has 0 aliphatic heterocycles. The zero-order valence-corrected chi connectivity index (χ0v) is 10.9. The highest BCUT2D eigenvalue weighted by atomic mass is 35.5. The number of aromatic carboxylic acids is 1. The molecule has 0 bridgehead atoms. The quantitative estimate of drug-likeness (QED) is 0.809. The van der Waals surface area contributed by atoms with E-state index in [9.17, 15) is 9.90 Å². The second-order valence-electron chi connectivity index (χ2n) is 3.62. The normalized spacial score (nSPS) is 11.6. The topological polar surface area (TPSA) is 83.5 Å². The molecular weight excluding hydrogens is 274 g/mol. The highest BCUT2D eigenvalue weighted by Gasteiger charge is 2.15. The van der Waals surface area contributed by atoms with Gasteiger partial charge in [0, 0.05) is 0 Å². The van der Waals surface area contributed by atoms with Crippen molar-refractivity contribution in [2.75, 3.05) is 0 Å². The largest absolute Gasteiger partial charge is 0.507 e. The predicted octanol–water partition coefficient (Wildman–Crippen LogP) is 2.62. The van der Waals surface area contributed by atoms with E-state index >= 15 is 0 Å². The molecule has 0 spiro atoms. The molecule has 0 fully saturated rings. The number of hydrogen-bond acceptors (Lipinski definition) is 4. The van der Waals surface area contributed by atoms with Crippen molar-refractivity contribution in [1.82, 2.24) is 0 Å². The third-order valence-corrected chi connectivity index (χ3v) is 3.21. The number of carbonyl (C=O) groups is 1. The fraction of sp³-hybridized carbons (Fsp3) is 0.0833. The summed E-state index contributed by atoms with van der Waals surface area (Å²) in [6.45, 7) is 0. The number of hydrogen-bond donors (Lipinski definition) is 3. The van der Waals surface area contributed by atoms with Crippen molar-refractivity contribution in [1.29, 1.82) is 0 Å². The maximum Gasteiger partial charge on any atom is 0.339 e. The lowest BCUT2D eigenvalue weighted by Crippen LogP contribution is -2.11. The number of benzene rings is 1. The van der Waals surface area contributed by atoms with Crippen LogP contribution in [0.2, 0.25) is 0 Å². The lowest BCUT2D eigenvalue weighted by atomic mass is 10.00. The highest BCUT2D eigenvalue weighted by molar-refractivity contribution is 7.08. The maximum absolute atomic E-state index is 10.9. The Bertz CT molecular complexity index is 542. The van der Waals surface area contributed by atoms with E-state index in [0.29, 0.717) is 5.56 Å². The van der Waals surface area contributed by atoms with Crippen molar-refractivity contribution in [3.8, 4) is 5.75 Å². The molecule has 6 heteroatoms. The summed E-state index contributed by atoms with van der Waals surface area (Å²) in [6, 6.07) is 5.90. The third kappa shape index (κ3) is 2.81. The Morgan fingerprint density at radius 3 is 2.56 bits per heavy atom. The Morgan fingerprint density at radius 1 is 1.28 bits per heavy atom. The maximum atomic E-state index is 10.9. The Morgan fingerprint density at radius 2 is 2.00 bits per heavy atom. The average molecular weight is 286 g/mol. The van der Waals surface area contributed by atoms with Crippen molar-refractivity contribution in [3.63, 3.8) is 0 Å². The zero-order valence-electron chi connectivity index (χ0n) is 9.24. The van der Waals surface area contributed by atoms with Crippen LogP contribution in [0.1, 0.15) is 27.5 Å². The van der Waals surface area contributed by atoms with Crippen molar-refractivity contribution in [2.45, 2.75) is 6.04 Å². The number of carboxylic acid groups (broad SMARTS) is 1. The van der Waals surface area contributed by atoms with Gasteiger partial charge in [-0.3, -0.25) is 0 Å². The summed E-state index contributed by atoms with van der Waals surface area (Å²) in [4.78, 5) is 10.9. The number of carboxylic acids is 1. The number of thiophene rings is 1. The minimum Gasteiger partial charge on any atom is -0.507 e. The smallest absolute Gasteiger partial charge is 0.339 e. The SMILES string of the molecule is Cl.N[C@H](c1ccsc1)c1ccc(O)c(C(=O)O)c1. The average Bonchev–Trinajstić information content (AvgIpc) is 2.81. The molecule has 1 aromatic carbocycles. The van der Waals surface area contributed by atoms with Gasteiger partial charge in [0.15, 0.2) is 0 Å². The summed E-state index contributed by atoms with van der Waals surface area (Å²) in [5.74, 6) is -1.42. The number of aromatic hydroxyl groups is 1.